The van der Waals surface area contributed by atoms with Crippen LogP contribution in [0.2, 0.25) is 0 Å². The Morgan fingerprint density at radius 2 is 2.32 bits per heavy atom. The molecule has 2 amide bonds. The topological polar surface area (TPSA) is 83.9 Å². The van der Waals surface area contributed by atoms with Gasteiger partial charge in [0.1, 0.15) is 5.71 Å². The number of rotatable bonds is 4. The molecule has 3 heterocycles. The van der Waals surface area contributed by atoms with Gasteiger partial charge in [-0.25, -0.2) is 0 Å². The Kier molecular flexibility index (Phi) is 3.94. The third-order valence-corrected chi connectivity index (χ3v) is 5.33. The highest BCUT2D eigenvalue weighted by Gasteiger charge is 2.51. The first-order chi connectivity index (χ1) is 12.1. The van der Waals surface area contributed by atoms with E-state index in [1.165, 1.54) is 0 Å². The first-order valence-electron chi connectivity index (χ1n) is 8.77. The van der Waals surface area contributed by atoms with E-state index < -0.39 is 5.60 Å². The highest BCUT2D eigenvalue weighted by atomic mass is 16.7. The van der Waals surface area contributed by atoms with Gasteiger partial charge in [0.15, 0.2) is 5.60 Å². The van der Waals surface area contributed by atoms with Crippen LogP contribution in [0.25, 0.3) is 0 Å². The number of nitrogens with one attached hydrogen (secondary N) is 1. The van der Waals surface area contributed by atoms with E-state index in [9.17, 15) is 9.59 Å². The molecular formula is C18H22N4O3. The molecule has 2 fully saturated rings. The van der Waals surface area contributed by atoms with E-state index in [1.54, 1.807) is 12.4 Å². The third-order valence-electron chi connectivity index (χ3n) is 5.33. The van der Waals surface area contributed by atoms with Crippen molar-refractivity contribution in [2.45, 2.75) is 38.3 Å². The maximum atomic E-state index is 12.4. The first-order valence-corrected chi connectivity index (χ1v) is 8.77. The van der Waals surface area contributed by atoms with Crippen LogP contribution in [0.1, 0.15) is 31.7 Å². The predicted octanol–water partition coefficient (Wildman–Crippen LogP) is 1.10. The van der Waals surface area contributed by atoms with E-state index in [2.05, 4.69) is 22.4 Å². The number of amides is 2. The minimum atomic E-state index is -0.519. The van der Waals surface area contributed by atoms with E-state index in [-0.39, 0.29) is 17.7 Å². The molecule has 3 unspecified atom stereocenters. The second-order valence-corrected chi connectivity index (χ2v) is 7.36. The lowest BCUT2D eigenvalue weighted by atomic mass is 9.96. The lowest BCUT2D eigenvalue weighted by molar-refractivity contribution is -0.133. The fourth-order valence-corrected chi connectivity index (χ4v) is 3.58. The summed E-state index contributed by atoms with van der Waals surface area (Å²) >= 11 is 0. The lowest BCUT2D eigenvalue weighted by Gasteiger charge is -2.21. The zero-order valence-electron chi connectivity index (χ0n) is 14.3. The van der Waals surface area contributed by atoms with Crippen molar-refractivity contribution in [2.24, 2.45) is 17.0 Å². The van der Waals surface area contributed by atoms with Gasteiger partial charge in [-0.05, 0) is 24.0 Å². The number of oxime groups is 1. The zero-order chi connectivity index (χ0) is 17.4. The van der Waals surface area contributed by atoms with Crippen LogP contribution in [0.5, 0.6) is 0 Å². The molecule has 3 aliphatic rings. The summed E-state index contributed by atoms with van der Waals surface area (Å²) < 4.78 is 0. The van der Waals surface area contributed by atoms with Gasteiger partial charge in [-0.15, -0.1) is 0 Å². The fraction of sp³-hybridized carbons (Fsp3) is 0.556. The smallest absolute Gasteiger partial charge is 0.269 e. The van der Waals surface area contributed by atoms with Crippen LogP contribution in [0.15, 0.2) is 29.7 Å². The molecule has 0 bridgehead atoms. The average Bonchev–Trinajstić information content (AvgIpc) is 3.05. The SMILES string of the molecule is CC1CC1C(=O)N1CCC2(CC(C(=O)NCc3cccnc3)=NO2)C1. The number of carbonyl (C=O) groups excluding carboxylic acids is 2. The number of nitrogens with zero attached hydrogens (tertiary/aromatic N) is 3. The number of pyridine rings is 1. The third kappa shape index (κ3) is 3.23. The molecule has 7 heteroatoms. The maximum absolute atomic E-state index is 12.4. The van der Waals surface area contributed by atoms with Crippen LogP contribution < -0.4 is 5.32 Å². The van der Waals surface area contributed by atoms with Gasteiger partial charge in [-0.3, -0.25) is 14.6 Å². The van der Waals surface area contributed by atoms with Crippen molar-refractivity contribution in [3.8, 4) is 0 Å². The summed E-state index contributed by atoms with van der Waals surface area (Å²) in [4.78, 5) is 36.2. The lowest BCUT2D eigenvalue weighted by Crippen LogP contribution is -2.39. The van der Waals surface area contributed by atoms with Crippen LogP contribution in [0.3, 0.4) is 0 Å². The molecule has 1 N–H and O–H groups in total. The van der Waals surface area contributed by atoms with E-state index in [0.29, 0.717) is 37.7 Å². The summed E-state index contributed by atoms with van der Waals surface area (Å²) in [5.74, 6) is 0.683. The minimum Gasteiger partial charge on any atom is -0.386 e. The molecule has 132 valence electrons. The predicted molar refractivity (Wildman–Crippen MR) is 90.4 cm³/mol. The molecule has 1 aromatic rings. The highest BCUT2D eigenvalue weighted by molar-refractivity contribution is 6.39. The number of carbonyl (C=O) groups is 2. The summed E-state index contributed by atoms with van der Waals surface area (Å²) in [6, 6.07) is 3.73. The molecule has 2 aliphatic heterocycles. The quantitative estimate of drug-likeness (QED) is 0.888. The maximum Gasteiger partial charge on any atom is 0.269 e. The Bertz CT molecular complexity index is 720. The highest BCUT2D eigenvalue weighted by Crippen LogP contribution is 2.42. The normalized spacial score (nSPS) is 30.1. The van der Waals surface area contributed by atoms with Crippen molar-refractivity contribution in [1.82, 2.24) is 15.2 Å². The zero-order valence-corrected chi connectivity index (χ0v) is 14.3. The van der Waals surface area contributed by atoms with Crippen LogP contribution in [-0.2, 0) is 21.0 Å². The van der Waals surface area contributed by atoms with E-state index in [1.807, 2.05) is 17.0 Å². The first kappa shape index (κ1) is 16.1. The molecule has 1 saturated heterocycles. The van der Waals surface area contributed by atoms with Gasteiger partial charge in [0.05, 0.1) is 6.54 Å². The molecule has 0 radical (unpaired) electrons. The molecular weight excluding hydrogens is 320 g/mol. The molecule has 3 atom stereocenters. The number of likely N-dealkylation sites (tertiary alicyclic amines) is 1. The number of hydrogen-bond acceptors (Lipinski definition) is 5. The summed E-state index contributed by atoms with van der Waals surface area (Å²) in [7, 11) is 0. The molecule has 25 heavy (non-hydrogen) atoms. The van der Waals surface area contributed by atoms with Crippen molar-refractivity contribution in [2.75, 3.05) is 13.1 Å². The Labute approximate surface area is 146 Å². The van der Waals surface area contributed by atoms with Gasteiger partial charge in [0.25, 0.3) is 5.91 Å². The summed E-state index contributed by atoms with van der Waals surface area (Å²) in [5, 5.41) is 6.85. The number of aromatic nitrogens is 1. The van der Waals surface area contributed by atoms with E-state index in [0.717, 1.165) is 18.4 Å². The minimum absolute atomic E-state index is 0.180. The molecule has 0 aromatic carbocycles. The fourth-order valence-electron chi connectivity index (χ4n) is 3.58. The second kappa shape index (κ2) is 6.13. The molecule has 1 aromatic heterocycles. The Balaban J connectivity index is 1.30. The van der Waals surface area contributed by atoms with Crippen molar-refractivity contribution >= 4 is 17.5 Å². The van der Waals surface area contributed by atoms with Gasteiger partial charge in [0.2, 0.25) is 5.91 Å². The van der Waals surface area contributed by atoms with Crippen molar-refractivity contribution in [3.05, 3.63) is 30.1 Å². The largest absolute Gasteiger partial charge is 0.386 e. The molecule has 1 aliphatic carbocycles. The van der Waals surface area contributed by atoms with Crippen LogP contribution >= 0.6 is 0 Å². The van der Waals surface area contributed by atoms with Gasteiger partial charge in [-0.1, -0.05) is 18.1 Å². The van der Waals surface area contributed by atoms with Gasteiger partial charge in [-0.2, -0.15) is 0 Å². The Morgan fingerprint density at radius 3 is 3.04 bits per heavy atom. The van der Waals surface area contributed by atoms with Crippen LogP contribution in [0, 0.1) is 11.8 Å². The van der Waals surface area contributed by atoms with E-state index >= 15 is 0 Å². The average molecular weight is 342 g/mol. The van der Waals surface area contributed by atoms with Crippen molar-refractivity contribution in [3.63, 3.8) is 0 Å². The standard InChI is InChI=1S/C18H22N4O3/c1-12-7-14(12)17(24)22-6-4-18(11-22)8-15(21-25-18)16(23)20-10-13-3-2-5-19-9-13/h2-3,5,9,12,14H,4,6-8,10-11H2,1H3,(H,20,23). The van der Waals surface area contributed by atoms with Gasteiger partial charge >= 0.3 is 0 Å². The summed E-state index contributed by atoms with van der Waals surface area (Å²) in [6.07, 6.45) is 5.58. The summed E-state index contributed by atoms with van der Waals surface area (Å²) in [6.45, 7) is 3.72. The van der Waals surface area contributed by atoms with Crippen molar-refractivity contribution < 1.29 is 14.4 Å². The molecule has 1 spiro atoms. The molecule has 7 nitrogen and oxygen atoms in total. The van der Waals surface area contributed by atoms with Crippen molar-refractivity contribution in [1.29, 1.82) is 0 Å². The van der Waals surface area contributed by atoms with Gasteiger partial charge < -0.3 is 15.1 Å². The van der Waals surface area contributed by atoms with E-state index in [4.69, 9.17) is 4.84 Å². The number of hydrogen-bond donors (Lipinski definition) is 1. The van der Waals surface area contributed by atoms with Crippen LogP contribution in [-0.4, -0.2) is 46.1 Å². The summed E-state index contributed by atoms with van der Waals surface area (Å²) in [5.41, 5.74) is 0.814. The van der Waals surface area contributed by atoms with Gasteiger partial charge in [0, 0.05) is 44.2 Å². The van der Waals surface area contributed by atoms with Crippen LogP contribution in [0.4, 0.5) is 0 Å². The Morgan fingerprint density at radius 1 is 1.48 bits per heavy atom. The molecule has 4 rings (SSSR count). The molecule has 1 saturated carbocycles. The monoisotopic (exact) mass is 342 g/mol. The Hall–Kier alpha value is -2.44. The second-order valence-electron chi connectivity index (χ2n) is 7.36.